The van der Waals surface area contributed by atoms with Gasteiger partial charge in [-0.1, -0.05) is 0 Å². The Labute approximate surface area is 130 Å². The lowest BCUT2D eigenvalue weighted by Crippen LogP contribution is -2.63. The zero-order valence-corrected chi connectivity index (χ0v) is 12.0. The molecule has 0 aromatic rings. The number of hydrogen-bond donors (Lipinski definition) is 8. The number of ether oxygens (including phenoxy) is 3. The van der Waals surface area contributed by atoms with Crippen molar-refractivity contribution in [1.29, 1.82) is 0 Å². The first kappa shape index (κ1) is 18.9. The van der Waals surface area contributed by atoms with Crippen molar-refractivity contribution >= 4 is 0 Å². The zero-order chi connectivity index (χ0) is 17.3. The maximum absolute atomic E-state index is 9.84. The molecule has 0 saturated carbocycles. The summed E-state index contributed by atoms with van der Waals surface area (Å²) in [7, 11) is 0. The Morgan fingerprint density at radius 3 is 1.22 bits per heavy atom. The molecule has 11 heteroatoms. The Kier molecular flexibility index (Phi) is 6.27. The lowest BCUT2D eigenvalue weighted by Gasteiger charge is -2.44. The highest BCUT2D eigenvalue weighted by Gasteiger charge is 2.49. The molecule has 2 aliphatic rings. The van der Waals surface area contributed by atoms with Crippen molar-refractivity contribution in [3.8, 4) is 0 Å². The molecule has 0 aromatic heterocycles. The summed E-state index contributed by atoms with van der Waals surface area (Å²) in [5.41, 5.74) is 0. The topological polar surface area (TPSA) is 190 Å². The molecule has 0 spiro atoms. The highest BCUT2D eigenvalue weighted by molar-refractivity contribution is 4.92. The molecule has 136 valence electrons. The Hall–Kier alpha value is -0.440. The van der Waals surface area contributed by atoms with Crippen LogP contribution in [0, 0.1) is 0 Å². The summed E-state index contributed by atoms with van der Waals surface area (Å²) in [5, 5.41) is 76.4. The van der Waals surface area contributed by atoms with E-state index in [9.17, 15) is 30.6 Å². The van der Waals surface area contributed by atoms with Crippen LogP contribution in [-0.2, 0) is 14.2 Å². The average Bonchev–Trinajstić information content (AvgIpc) is 2.55. The molecule has 2 rings (SSSR count). The van der Waals surface area contributed by atoms with Gasteiger partial charge in [-0.25, -0.2) is 0 Å². The third kappa shape index (κ3) is 3.65. The highest BCUT2D eigenvalue weighted by Crippen LogP contribution is 2.27. The van der Waals surface area contributed by atoms with E-state index in [2.05, 4.69) is 0 Å². The van der Waals surface area contributed by atoms with E-state index >= 15 is 0 Å². The second-order valence-corrected chi connectivity index (χ2v) is 5.53. The van der Waals surface area contributed by atoms with Crippen LogP contribution in [0.4, 0.5) is 0 Å². The van der Waals surface area contributed by atoms with Gasteiger partial charge in [0.25, 0.3) is 0 Å². The van der Waals surface area contributed by atoms with Gasteiger partial charge in [-0.15, -0.1) is 0 Å². The largest absolute Gasteiger partial charge is 0.394 e. The normalized spacial score (nSPS) is 51.7. The standard InChI is InChI=1S/C12H22O11/c13-1-3-5(15)7(17)9(19)11(21-3)23-12-10(20)8(18)6(16)4(2-14)22-12/h3-20H,1-2H2/t3?,4?,5-,6+,7+,8-,9?,10?,11+,12-. The molecule has 0 aromatic carbocycles. The molecule has 8 N–H and O–H groups in total. The minimum atomic E-state index is -1.72. The fraction of sp³-hybridized carbons (Fsp3) is 1.00. The summed E-state index contributed by atoms with van der Waals surface area (Å²) < 4.78 is 15.3. The molecule has 0 aliphatic carbocycles. The van der Waals surface area contributed by atoms with Crippen molar-refractivity contribution in [2.75, 3.05) is 13.2 Å². The van der Waals surface area contributed by atoms with Crippen LogP contribution in [0.2, 0.25) is 0 Å². The van der Waals surface area contributed by atoms with Crippen molar-refractivity contribution in [2.45, 2.75) is 61.4 Å². The van der Waals surface area contributed by atoms with Gasteiger partial charge in [0, 0.05) is 0 Å². The van der Waals surface area contributed by atoms with Gasteiger partial charge < -0.3 is 55.1 Å². The molecule has 0 radical (unpaired) electrons. The van der Waals surface area contributed by atoms with Crippen LogP contribution in [0.25, 0.3) is 0 Å². The van der Waals surface area contributed by atoms with Crippen LogP contribution in [0.5, 0.6) is 0 Å². The van der Waals surface area contributed by atoms with E-state index in [1.165, 1.54) is 0 Å². The van der Waals surface area contributed by atoms with Crippen LogP contribution >= 0.6 is 0 Å². The van der Waals surface area contributed by atoms with Gasteiger partial charge in [-0.3, -0.25) is 0 Å². The van der Waals surface area contributed by atoms with Crippen molar-refractivity contribution in [2.24, 2.45) is 0 Å². The van der Waals surface area contributed by atoms with Gasteiger partial charge in [-0.05, 0) is 0 Å². The van der Waals surface area contributed by atoms with Crippen LogP contribution < -0.4 is 0 Å². The molecule has 2 saturated heterocycles. The second kappa shape index (κ2) is 7.63. The Balaban J connectivity index is 2.07. The summed E-state index contributed by atoms with van der Waals surface area (Å²) >= 11 is 0. The molecular weight excluding hydrogens is 320 g/mol. The van der Waals surface area contributed by atoms with Crippen molar-refractivity contribution in [3.05, 3.63) is 0 Å². The van der Waals surface area contributed by atoms with E-state index in [-0.39, 0.29) is 0 Å². The monoisotopic (exact) mass is 342 g/mol. The number of hydrogen-bond acceptors (Lipinski definition) is 11. The van der Waals surface area contributed by atoms with Gasteiger partial charge in [0.1, 0.15) is 48.8 Å². The predicted octanol–water partition coefficient (Wildman–Crippen LogP) is -5.40. The zero-order valence-electron chi connectivity index (χ0n) is 12.0. The molecule has 11 nitrogen and oxygen atoms in total. The third-order valence-corrected chi connectivity index (χ3v) is 3.97. The van der Waals surface area contributed by atoms with Crippen LogP contribution in [0.15, 0.2) is 0 Å². The van der Waals surface area contributed by atoms with E-state index in [4.69, 9.17) is 24.4 Å². The first-order valence-electron chi connectivity index (χ1n) is 7.08. The quantitative estimate of drug-likeness (QED) is 0.243. The molecule has 0 amide bonds. The Morgan fingerprint density at radius 2 is 0.913 bits per heavy atom. The minimum absolute atomic E-state index is 0.667. The van der Waals surface area contributed by atoms with Gasteiger partial charge in [0.05, 0.1) is 13.2 Å². The molecule has 2 aliphatic heterocycles. The fourth-order valence-corrected chi connectivity index (χ4v) is 2.49. The predicted molar refractivity (Wildman–Crippen MR) is 68.6 cm³/mol. The first-order chi connectivity index (χ1) is 10.8. The van der Waals surface area contributed by atoms with Crippen molar-refractivity contribution < 1.29 is 55.1 Å². The van der Waals surface area contributed by atoms with Gasteiger partial charge >= 0.3 is 0 Å². The second-order valence-electron chi connectivity index (χ2n) is 5.53. The number of aliphatic hydroxyl groups excluding tert-OH is 8. The van der Waals surface area contributed by atoms with Gasteiger partial charge in [-0.2, -0.15) is 0 Å². The summed E-state index contributed by atoms with van der Waals surface area (Å²) in [6, 6.07) is 0. The van der Waals surface area contributed by atoms with Gasteiger partial charge in [0.2, 0.25) is 0 Å². The maximum atomic E-state index is 9.84. The average molecular weight is 342 g/mol. The molecule has 2 fully saturated rings. The van der Waals surface area contributed by atoms with E-state index in [1.807, 2.05) is 0 Å². The summed E-state index contributed by atoms with van der Waals surface area (Å²) in [4.78, 5) is 0. The van der Waals surface area contributed by atoms with E-state index in [1.54, 1.807) is 0 Å². The highest BCUT2D eigenvalue weighted by atomic mass is 16.8. The third-order valence-electron chi connectivity index (χ3n) is 3.97. The molecule has 4 unspecified atom stereocenters. The SMILES string of the molecule is OCC1O[C@@H](O[C@H]2OC(CO)[C@H](O)[C@@H](O)C2O)C(O)[C@@H](O)[C@@H]1O. The van der Waals surface area contributed by atoms with Gasteiger partial charge in [0.15, 0.2) is 12.6 Å². The van der Waals surface area contributed by atoms with E-state index in [0.29, 0.717) is 0 Å². The Bertz CT molecular complexity index is 344. The lowest BCUT2D eigenvalue weighted by atomic mass is 9.98. The number of aliphatic hydroxyl groups is 8. The van der Waals surface area contributed by atoms with E-state index in [0.717, 1.165) is 0 Å². The van der Waals surface area contributed by atoms with Crippen LogP contribution in [0.3, 0.4) is 0 Å². The summed E-state index contributed by atoms with van der Waals surface area (Å²) in [6.07, 6.45) is -15.6. The van der Waals surface area contributed by atoms with E-state index < -0.39 is 74.6 Å². The fourth-order valence-electron chi connectivity index (χ4n) is 2.49. The minimum Gasteiger partial charge on any atom is -0.394 e. The smallest absolute Gasteiger partial charge is 0.189 e. The Morgan fingerprint density at radius 1 is 0.565 bits per heavy atom. The molecule has 2 heterocycles. The van der Waals surface area contributed by atoms with Crippen LogP contribution in [-0.4, -0.2) is 115 Å². The maximum Gasteiger partial charge on any atom is 0.189 e. The first-order valence-corrected chi connectivity index (χ1v) is 7.08. The molecule has 10 atom stereocenters. The van der Waals surface area contributed by atoms with Crippen LogP contribution in [0.1, 0.15) is 0 Å². The number of rotatable bonds is 4. The molecule has 0 bridgehead atoms. The molecule has 23 heavy (non-hydrogen) atoms. The summed E-state index contributed by atoms with van der Waals surface area (Å²) in [5.74, 6) is 0. The summed E-state index contributed by atoms with van der Waals surface area (Å²) in [6.45, 7) is -1.33. The van der Waals surface area contributed by atoms with Crippen molar-refractivity contribution in [3.63, 3.8) is 0 Å². The molecular formula is C12H22O11. The van der Waals surface area contributed by atoms with Crippen molar-refractivity contribution in [1.82, 2.24) is 0 Å². The lowest BCUT2D eigenvalue weighted by molar-refractivity contribution is -0.376.